The van der Waals surface area contributed by atoms with Crippen molar-refractivity contribution in [1.82, 2.24) is 4.98 Å². The van der Waals surface area contributed by atoms with Gasteiger partial charge in [0.2, 0.25) is 5.91 Å². The fraction of sp³-hybridized carbons (Fsp3) is 0.417. The summed E-state index contributed by atoms with van der Waals surface area (Å²) in [5, 5.41) is 9.18. The van der Waals surface area contributed by atoms with Crippen LogP contribution in [0.3, 0.4) is 0 Å². The van der Waals surface area contributed by atoms with Crippen molar-refractivity contribution in [2.45, 2.75) is 13.3 Å². The number of aromatic nitrogens is 1. The molecule has 0 saturated carbocycles. The zero-order valence-corrected chi connectivity index (χ0v) is 10.6. The summed E-state index contributed by atoms with van der Waals surface area (Å²) in [5.41, 5.74) is 10.6. The number of primary amides is 1. The fourth-order valence-electron chi connectivity index (χ4n) is 2.23. The number of nitrogens with zero attached hydrogens (tertiary/aromatic N) is 2. The third-order valence-corrected chi connectivity index (χ3v) is 3.49. The first kappa shape index (κ1) is 13.1. The lowest BCUT2D eigenvalue weighted by atomic mass is 9.89. The van der Waals surface area contributed by atoms with E-state index in [9.17, 15) is 14.7 Å². The summed E-state index contributed by atoms with van der Waals surface area (Å²) in [5.74, 6) is -1.16. The van der Waals surface area contributed by atoms with Crippen molar-refractivity contribution in [2.24, 2.45) is 11.1 Å². The molecular weight excluding hydrogens is 248 g/mol. The lowest BCUT2D eigenvalue weighted by molar-refractivity contribution is -0.125. The van der Waals surface area contributed by atoms with Crippen LogP contribution in [0.1, 0.15) is 23.7 Å². The fourth-order valence-corrected chi connectivity index (χ4v) is 2.23. The highest BCUT2D eigenvalue weighted by Gasteiger charge is 2.40. The smallest absolute Gasteiger partial charge is 0.339 e. The van der Waals surface area contributed by atoms with Crippen LogP contribution in [-0.4, -0.2) is 35.1 Å². The van der Waals surface area contributed by atoms with Crippen LogP contribution in [0, 0.1) is 5.41 Å². The second-order valence-electron chi connectivity index (χ2n) is 5.04. The number of aromatic carboxylic acids is 1. The lowest BCUT2D eigenvalue weighted by Gasteiger charge is -2.22. The number of rotatable bonds is 3. The Hall–Kier alpha value is -2.31. The zero-order valence-electron chi connectivity index (χ0n) is 10.6. The molecule has 1 amide bonds. The summed E-state index contributed by atoms with van der Waals surface area (Å²) in [7, 11) is 0. The molecule has 0 radical (unpaired) electrons. The molecule has 1 aliphatic heterocycles. The van der Waals surface area contributed by atoms with Crippen molar-refractivity contribution in [3.63, 3.8) is 0 Å². The molecule has 1 atom stereocenters. The van der Waals surface area contributed by atoms with Crippen molar-refractivity contribution < 1.29 is 14.7 Å². The molecule has 2 heterocycles. The van der Waals surface area contributed by atoms with Crippen molar-refractivity contribution in [1.29, 1.82) is 0 Å². The highest BCUT2D eigenvalue weighted by Crippen LogP contribution is 2.33. The summed E-state index contributed by atoms with van der Waals surface area (Å²) < 4.78 is 0. The van der Waals surface area contributed by atoms with E-state index in [1.54, 1.807) is 11.8 Å². The van der Waals surface area contributed by atoms with E-state index in [1.165, 1.54) is 12.3 Å². The van der Waals surface area contributed by atoms with Gasteiger partial charge in [-0.15, -0.1) is 0 Å². The maximum Gasteiger partial charge on any atom is 0.339 e. The number of pyridine rings is 1. The standard InChI is InChI=1S/C12H16N4O3/c1-12(11(14)19)2-3-16(6-12)9-8(10(17)18)4-7(13)5-15-9/h4-5H,2-3,6,13H2,1H3,(H2,14,19)(H,17,18). The normalized spacial score (nSPS) is 22.5. The van der Waals surface area contributed by atoms with Gasteiger partial charge in [0.1, 0.15) is 11.4 Å². The third-order valence-electron chi connectivity index (χ3n) is 3.49. The average Bonchev–Trinajstić information content (AvgIpc) is 2.73. The second kappa shape index (κ2) is 4.42. The number of nitrogens with two attached hydrogens (primary N) is 2. The van der Waals surface area contributed by atoms with E-state index in [0.717, 1.165) is 0 Å². The quantitative estimate of drug-likeness (QED) is 0.709. The molecule has 1 aromatic rings. The topological polar surface area (TPSA) is 123 Å². The molecule has 0 aromatic carbocycles. The van der Waals surface area contributed by atoms with Gasteiger partial charge in [0.25, 0.3) is 0 Å². The first-order valence-corrected chi connectivity index (χ1v) is 5.87. The summed E-state index contributed by atoms with van der Waals surface area (Å²) in [6.07, 6.45) is 1.98. The van der Waals surface area contributed by atoms with Gasteiger partial charge in [-0.2, -0.15) is 0 Å². The summed E-state index contributed by atoms with van der Waals surface area (Å²) in [4.78, 5) is 28.5. The van der Waals surface area contributed by atoms with Gasteiger partial charge in [-0.3, -0.25) is 4.79 Å². The number of carboxylic acid groups (broad SMARTS) is 1. The van der Waals surface area contributed by atoms with E-state index >= 15 is 0 Å². The summed E-state index contributed by atoms with van der Waals surface area (Å²) >= 11 is 0. The number of amides is 1. The molecule has 0 spiro atoms. The molecule has 19 heavy (non-hydrogen) atoms. The van der Waals surface area contributed by atoms with Crippen molar-refractivity contribution in [3.05, 3.63) is 17.8 Å². The number of anilines is 2. The van der Waals surface area contributed by atoms with Gasteiger partial charge < -0.3 is 21.5 Å². The van der Waals surface area contributed by atoms with Crippen LogP contribution < -0.4 is 16.4 Å². The second-order valence-corrected chi connectivity index (χ2v) is 5.04. The minimum absolute atomic E-state index is 0.0359. The predicted molar refractivity (Wildman–Crippen MR) is 69.7 cm³/mol. The highest BCUT2D eigenvalue weighted by molar-refractivity contribution is 5.94. The molecule has 0 aliphatic carbocycles. The van der Waals surface area contributed by atoms with E-state index in [0.29, 0.717) is 25.3 Å². The maximum absolute atomic E-state index is 11.4. The van der Waals surface area contributed by atoms with Crippen LogP contribution in [0.15, 0.2) is 12.3 Å². The van der Waals surface area contributed by atoms with E-state index in [2.05, 4.69) is 4.98 Å². The number of nitrogen functional groups attached to an aromatic ring is 1. The van der Waals surface area contributed by atoms with Crippen LogP contribution in [0.25, 0.3) is 0 Å². The maximum atomic E-state index is 11.4. The Kier molecular flexibility index (Phi) is 3.05. The number of carbonyl (C=O) groups excluding carboxylic acids is 1. The molecule has 7 heteroatoms. The van der Waals surface area contributed by atoms with E-state index < -0.39 is 11.4 Å². The first-order chi connectivity index (χ1) is 8.83. The minimum Gasteiger partial charge on any atom is -0.478 e. The molecule has 102 valence electrons. The Morgan fingerprint density at radius 1 is 1.53 bits per heavy atom. The summed E-state index contributed by atoms with van der Waals surface area (Å²) in [6, 6.07) is 1.37. The number of carbonyl (C=O) groups is 2. The largest absolute Gasteiger partial charge is 0.478 e. The number of hydrogen-bond donors (Lipinski definition) is 3. The lowest BCUT2D eigenvalue weighted by Crippen LogP contribution is -2.37. The molecule has 7 nitrogen and oxygen atoms in total. The van der Waals surface area contributed by atoms with E-state index in [4.69, 9.17) is 11.5 Å². The molecule has 1 aromatic heterocycles. The van der Waals surface area contributed by atoms with E-state index in [-0.39, 0.29) is 17.2 Å². The number of hydrogen-bond acceptors (Lipinski definition) is 5. The molecule has 0 bridgehead atoms. The van der Waals surface area contributed by atoms with Gasteiger partial charge in [0.05, 0.1) is 17.3 Å². The molecule has 1 fully saturated rings. The van der Waals surface area contributed by atoms with E-state index in [1.807, 2.05) is 0 Å². The SMILES string of the molecule is CC1(C(N)=O)CCN(c2ncc(N)cc2C(=O)O)C1. The van der Waals surface area contributed by atoms with Crippen molar-refractivity contribution in [2.75, 3.05) is 23.7 Å². The Morgan fingerprint density at radius 2 is 2.21 bits per heavy atom. The van der Waals surface area contributed by atoms with Gasteiger partial charge in [0, 0.05) is 13.1 Å². The molecular formula is C12H16N4O3. The van der Waals surface area contributed by atoms with Gasteiger partial charge >= 0.3 is 5.97 Å². The highest BCUT2D eigenvalue weighted by atomic mass is 16.4. The van der Waals surface area contributed by atoms with Crippen LogP contribution in [0.2, 0.25) is 0 Å². The molecule has 1 aliphatic rings. The average molecular weight is 264 g/mol. The number of carboxylic acids is 1. The Balaban J connectivity index is 2.34. The first-order valence-electron chi connectivity index (χ1n) is 5.87. The van der Waals surface area contributed by atoms with Gasteiger partial charge in [-0.1, -0.05) is 0 Å². The van der Waals surface area contributed by atoms with Gasteiger partial charge in [-0.05, 0) is 19.4 Å². The van der Waals surface area contributed by atoms with Gasteiger partial charge in [0.15, 0.2) is 0 Å². The minimum atomic E-state index is -1.09. The molecule has 5 N–H and O–H groups in total. The summed E-state index contributed by atoms with van der Waals surface area (Å²) in [6.45, 7) is 2.67. The molecule has 1 saturated heterocycles. The third kappa shape index (κ3) is 2.31. The predicted octanol–water partition coefficient (Wildman–Crippen LogP) is 0.0637. The Labute approximate surface area is 110 Å². The van der Waals surface area contributed by atoms with Crippen LogP contribution in [-0.2, 0) is 4.79 Å². The Morgan fingerprint density at radius 3 is 2.74 bits per heavy atom. The van der Waals surface area contributed by atoms with Crippen LogP contribution in [0.5, 0.6) is 0 Å². The monoisotopic (exact) mass is 264 g/mol. The molecule has 1 unspecified atom stereocenters. The van der Waals surface area contributed by atoms with Crippen LogP contribution in [0.4, 0.5) is 11.5 Å². The zero-order chi connectivity index (χ0) is 14.2. The Bertz CT molecular complexity index is 546. The van der Waals surface area contributed by atoms with Crippen molar-refractivity contribution in [3.8, 4) is 0 Å². The molecule has 2 rings (SSSR count). The van der Waals surface area contributed by atoms with Gasteiger partial charge in [-0.25, -0.2) is 9.78 Å². The van der Waals surface area contributed by atoms with Crippen LogP contribution >= 0.6 is 0 Å². The van der Waals surface area contributed by atoms with Crippen molar-refractivity contribution >= 4 is 23.4 Å².